The van der Waals surface area contributed by atoms with Crippen molar-refractivity contribution in [3.63, 3.8) is 0 Å². The molecule has 8 heteroatoms. The first-order chi connectivity index (χ1) is 17.3. The number of hydrogen-bond donors (Lipinski definition) is 1. The zero-order valence-corrected chi connectivity index (χ0v) is 22.4. The highest BCUT2D eigenvalue weighted by molar-refractivity contribution is 7.92. The van der Waals surface area contributed by atoms with Gasteiger partial charge in [-0.3, -0.25) is 0 Å². The molecule has 0 saturated heterocycles. The van der Waals surface area contributed by atoms with E-state index < -0.39 is 25.6 Å². The smallest absolute Gasteiger partial charge is 0.335 e. The summed E-state index contributed by atoms with van der Waals surface area (Å²) >= 11 is 0. The molecule has 0 atom stereocenters. The van der Waals surface area contributed by atoms with Gasteiger partial charge < -0.3 is 5.11 Å². The number of carboxylic acid groups (broad SMARTS) is 1. The van der Waals surface area contributed by atoms with Crippen molar-refractivity contribution in [2.24, 2.45) is 0 Å². The van der Waals surface area contributed by atoms with Gasteiger partial charge in [0.25, 0.3) is 0 Å². The molecule has 4 aromatic rings. The molecule has 190 valence electrons. The van der Waals surface area contributed by atoms with Gasteiger partial charge in [-0.15, -0.1) is 0 Å². The molecule has 0 aliphatic rings. The molecule has 1 N–H and O–H groups in total. The molecule has 0 heterocycles. The molecular formula is C29H26O6S2. The summed E-state index contributed by atoms with van der Waals surface area (Å²) in [6.07, 6.45) is 0. The Balaban J connectivity index is 2.01. The highest BCUT2D eigenvalue weighted by Crippen LogP contribution is 2.36. The monoisotopic (exact) mass is 534 g/mol. The Morgan fingerprint density at radius 1 is 0.595 bits per heavy atom. The lowest BCUT2D eigenvalue weighted by Gasteiger charge is -2.16. The quantitative estimate of drug-likeness (QED) is 0.328. The van der Waals surface area contributed by atoms with Crippen LogP contribution in [0.4, 0.5) is 0 Å². The average molecular weight is 535 g/mol. The molecule has 0 unspecified atom stereocenters. The summed E-state index contributed by atoms with van der Waals surface area (Å²) in [6, 6.07) is 20.0. The Bertz CT molecular complexity index is 1750. The zero-order chi connectivity index (χ0) is 27.1. The Kier molecular flexibility index (Phi) is 6.83. The fraction of sp³-hybridized carbons (Fsp3) is 0.138. The van der Waals surface area contributed by atoms with Crippen LogP contribution in [0.3, 0.4) is 0 Å². The van der Waals surface area contributed by atoms with Gasteiger partial charge in [-0.25, -0.2) is 21.6 Å². The highest BCUT2D eigenvalue weighted by atomic mass is 32.2. The van der Waals surface area contributed by atoms with Crippen LogP contribution in [0.15, 0.2) is 98.4 Å². The Labute approximate surface area is 217 Å². The third kappa shape index (κ3) is 4.95. The first kappa shape index (κ1) is 26.3. The van der Waals surface area contributed by atoms with Gasteiger partial charge in [-0.1, -0.05) is 42.5 Å². The number of sulfone groups is 2. The molecule has 0 saturated carbocycles. The molecule has 0 bridgehead atoms. The first-order valence-electron chi connectivity index (χ1n) is 11.4. The predicted octanol–water partition coefficient (Wildman–Crippen LogP) is 5.95. The van der Waals surface area contributed by atoms with Crippen LogP contribution in [0.2, 0.25) is 0 Å². The van der Waals surface area contributed by atoms with E-state index in [4.69, 9.17) is 0 Å². The summed E-state index contributed by atoms with van der Waals surface area (Å²) in [4.78, 5) is 11.2. The van der Waals surface area contributed by atoms with Crippen LogP contribution in [-0.4, -0.2) is 27.9 Å². The van der Waals surface area contributed by atoms with E-state index in [-0.39, 0.29) is 30.7 Å². The maximum absolute atomic E-state index is 14.0. The van der Waals surface area contributed by atoms with E-state index in [1.165, 1.54) is 42.5 Å². The maximum Gasteiger partial charge on any atom is 0.335 e. The van der Waals surface area contributed by atoms with Crippen LogP contribution in [0, 0.1) is 27.7 Å². The molecule has 0 amide bonds. The highest BCUT2D eigenvalue weighted by Gasteiger charge is 2.28. The normalized spacial score (nSPS) is 11.9. The zero-order valence-electron chi connectivity index (χ0n) is 20.8. The molecule has 4 aromatic carbocycles. The van der Waals surface area contributed by atoms with Crippen LogP contribution >= 0.6 is 0 Å². The fourth-order valence-corrected chi connectivity index (χ4v) is 7.67. The Hall–Kier alpha value is -3.75. The lowest BCUT2D eigenvalue weighted by Crippen LogP contribution is -2.10. The average Bonchev–Trinajstić information content (AvgIpc) is 2.86. The van der Waals surface area contributed by atoms with E-state index in [1.54, 1.807) is 58.0 Å². The van der Waals surface area contributed by atoms with Crippen LogP contribution < -0.4 is 0 Å². The fourth-order valence-electron chi connectivity index (χ4n) is 4.16. The molecule has 0 fully saturated rings. The summed E-state index contributed by atoms with van der Waals surface area (Å²) in [5, 5.41) is 9.25. The van der Waals surface area contributed by atoms with Crippen molar-refractivity contribution in [3.8, 4) is 11.1 Å². The van der Waals surface area contributed by atoms with Crippen molar-refractivity contribution in [2.45, 2.75) is 47.3 Å². The van der Waals surface area contributed by atoms with Crippen molar-refractivity contribution in [2.75, 3.05) is 0 Å². The van der Waals surface area contributed by atoms with E-state index in [1.807, 2.05) is 6.07 Å². The van der Waals surface area contributed by atoms with Crippen LogP contribution in [0.1, 0.15) is 32.6 Å². The summed E-state index contributed by atoms with van der Waals surface area (Å²) in [7, 11) is -8.20. The van der Waals surface area contributed by atoms with E-state index in [2.05, 4.69) is 0 Å². The van der Waals surface area contributed by atoms with Crippen molar-refractivity contribution < 1.29 is 26.7 Å². The molecule has 37 heavy (non-hydrogen) atoms. The van der Waals surface area contributed by atoms with Crippen molar-refractivity contribution >= 4 is 25.6 Å². The lowest BCUT2D eigenvalue weighted by molar-refractivity contribution is 0.0697. The number of carboxylic acids is 1. The largest absolute Gasteiger partial charge is 0.478 e. The Morgan fingerprint density at radius 3 is 1.62 bits per heavy atom. The minimum atomic E-state index is -4.16. The van der Waals surface area contributed by atoms with Crippen molar-refractivity contribution in [3.05, 3.63) is 107 Å². The number of hydrogen-bond acceptors (Lipinski definition) is 5. The molecule has 6 nitrogen and oxygen atoms in total. The van der Waals surface area contributed by atoms with E-state index in [0.717, 1.165) is 11.1 Å². The SMILES string of the molecule is Cc1ccc(C)c(S(=O)(=O)c2ccc(-c3ccc(C(=O)O)cc3)c(S(=O)(=O)c3cc(C)ccc3C)c2)c1. The van der Waals surface area contributed by atoms with E-state index >= 15 is 0 Å². The molecule has 4 rings (SSSR count). The number of aromatic carboxylic acids is 1. The summed E-state index contributed by atoms with van der Waals surface area (Å²) in [5.41, 5.74) is 3.37. The maximum atomic E-state index is 14.0. The molecule has 0 aliphatic carbocycles. The van der Waals surface area contributed by atoms with Crippen LogP contribution in [-0.2, 0) is 19.7 Å². The van der Waals surface area contributed by atoms with Gasteiger partial charge in [0, 0.05) is 5.56 Å². The van der Waals surface area contributed by atoms with Crippen molar-refractivity contribution in [1.82, 2.24) is 0 Å². The second kappa shape index (κ2) is 9.61. The minimum Gasteiger partial charge on any atom is -0.478 e. The first-order valence-corrected chi connectivity index (χ1v) is 14.4. The second-order valence-electron chi connectivity index (χ2n) is 9.09. The molecule has 0 aromatic heterocycles. The van der Waals surface area contributed by atoms with Gasteiger partial charge in [-0.05, 0) is 91.9 Å². The van der Waals surface area contributed by atoms with Gasteiger partial charge in [-0.2, -0.15) is 0 Å². The Morgan fingerprint density at radius 2 is 1.11 bits per heavy atom. The van der Waals surface area contributed by atoms with Gasteiger partial charge in [0.1, 0.15) is 0 Å². The minimum absolute atomic E-state index is 0.0526. The summed E-state index contributed by atoms with van der Waals surface area (Å²) in [5.74, 6) is -1.11. The standard InChI is InChI=1S/C29H26O6S2/c1-18-5-7-20(3)26(15-18)36(32,33)24-13-14-25(22-9-11-23(12-10-22)29(30)31)28(17-24)37(34,35)27-16-19(2)6-8-21(27)4/h5-17H,1-4H3,(H,30,31). The number of carbonyl (C=O) groups is 1. The van der Waals surface area contributed by atoms with Gasteiger partial charge in [0.05, 0.1) is 25.1 Å². The molecule has 0 spiro atoms. The van der Waals surface area contributed by atoms with E-state index in [9.17, 15) is 26.7 Å². The predicted molar refractivity (Wildman–Crippen MR) is 142 cm³/mol. The van der Waals surface area contributed by atoms with Crippen LogP contribution in [0.25, 0.3) is 11.1 Å². The van der Waals surface area contributed by atoms with Crippen molar-refractivity contribution in [1.29, 1.82) is 0 Å². The third-order valence-corrected chi connectivity index (χ3v) is 10.1. The number of rotatable bonds is 6. The second-order valence-corrected chi connectivity index (χ2v) is 12.9. The number of benzene rings is 4. The third-order valence-electron chi connectivity index (χ3n) is 6.26. The lowest BCUT2D eigenvalue weighted by atomic mass is 10.0. The molecule has 0 radical (unpaired) electrons. The molecule has 0 aliphatic heterocycles. The van der Waals surface area contributed by atoms with Gasteiger partial charge >= 0.3 is 5.97 Å². The summed E-state index contributed by atoms with van der Waals surface area (Å²) < 4.78 is 55.3. The van der Waals surface area contributed by atoms with Gasteiger partial charge in [0.15, 0.2) is 0 Å². The summed E-state index contributed by atoms with van der Waals surface area (Å²) in [6.45, 7) is 6.95. The molecular weight excluding hydrogens is 508 g/mol. The van der Waals surface area contributed by atoms with Gasteiger partial charge in [0.2, 0.25) is 19.7 Å². The van der Waals surface area contributed by atoms with Crippen LogP contribution in [0.5, 0.6) is 0 Å². The number of aryl methyl sites for hydroxylation is 4. The topological polar surface area (TPSA) is 106 Å². The van der Waals surface area contributed by atoms with E-state index in [0.29, 0.717) is 16.7 Å².